The average molecular weight is 367 g/mol. The first-order chi connectivity index (χ1) is 11.4. The van der Waals surface area contributed by atoms with Crippen LogP contribution in [0.4, 0.5) is 5.69 Å². The maximum Gasteiger partial charge on any atom is 0.224 e. The highest BCUT2D eigenvalue weighted by molar-refractivity contribution is 6.36. The number of aryl methyl sites for hydroxylation is 2. The lowest BCUT2D eigenvalue weighted by molar-refractivity contribution is -0.121. The van der Waals surface area contributed by atoms with Crippen LogP contribution >= 0.6 is 23.2 Å². The van der Waals surface area contributed by atoms with Gasteiger partial charge in [0.2, 0.25) is 5.91 Å². The smallest absolute Gasteiger partial charge is 0.224 e. The molecule has 24 heavy (non-hydrogen) atoms. The zero-order valence-electron chi connectivity index (χ0n) is 13.7. The van der Waals surface area contributed by atoms with Crippen molar-refractivity contribution in [1.29, 1.82) is 0 Å². The summed E-state index contributed by atoms with van der Waals surface area (Å²) in [6, 6.07) is 5.63. The van der Waals surface area contributed by atoms with Crippen LogP contribution in [0.2, 0.25) is 10.0 Å². The number of nitrogens with zero attached hydrogens (tertiary/aromatic N) is 3. The summed E-state index contributed by atoms with van der Waals surface area (Å²) in [6.07, 6.45) is 3.15. The predicted molar refractivity (Wildman–Crippen MR) is 96.9 cm³/mol. The molecule has 1 saturated heterocycles. The Morgan fingerprint density at radius 2 is 2.21 bits per heavy atom. The molecule has 0 bridgehead atoms. The minimum absolute atomic E-state index is 0.0279. The molecule has 1 aliphatic rings. The van der Waals surface area contributed by atoms with Crippen molar-refractivity contribution in [2.75, 3.05) is 18.0 Å². The van der Waals surface area contributed by atoms with Gasteiger partial charge in [-0.15, -0.1) is 0 Å². The van der Waals surface area contributed by atoms with Crippen LogP contribution in [0.5, 0.6) is 0 Å². The summed E-state index contributed by atoms with van der Waals surface area (Å²) in [7, 11) is 1.86. The van der Waals surface area contributed by atoms with Gasteiger partial charge in [-0.2, -0.15) is 5.10 Å². The van der Waals surface area contributed by atoms with E-state index in [-0.39, 0.29) is 11.9 Å². The summed E-state index contributed by atoms with van der Waals surface area (Å²) < 4.78 is 1.73. The lowest BCUT2D eigenvalue weighted by Gasteiger charge is -2.20. The summed E-state index contributed by atoms with van der Waals surface area (Å²) >= 11 is 12.2. The van der Waals surface area contributed by atoms with E-state index in [1.165, 1.54) is 0 Å². The molecule has 1 aliphatic heterocycles. The van der Waals surface area contributed by atoms with Gasteiger partial charge in [-0.1, -0.05) is 23.2 Å². The molecule has 0 aliphatic carbocycles. The Kier molecular flexibility index (Phi) is 5.01. The maximum atomic E-state index is 12.3. The van der Waals surface area contributed by atoms with Crippen molar-refractivity contribution in [2.45, 2.75) is 25.8 Å². The van der Waals surface area contributed by atoms with E-state index in [2.05, 4.69) is 15.3 Å². The summed E-state index contributed by atoms with van der Waals surface area (Å²) in [6.45, 7) is 3.53. The fraction of sp³-hybridized carbons (Fsp3) is 0.412. The molecule has 2 aromatic rings. The molecule has 0 radical (unpaired) electrons. The van der Waals surface area contributed by atoms with Gasteiger partial charge in [0.1, 0.15) is 0 Å². The van der Waals surface area contributed by atoms with E-state index < -0.39 is 0 Å². The Balaban J connectivity index is 1.58. The molecule has 0 saturated carbocycles. The average Bonchev–Trinajstić information content (AvgIpc) is 3.06. The summed E-state index contributed by atoms with van der Waals surface area (Å²) in [5.41, 5.74) is 2.82. The first-order valence-corrected chi connectivity index (χ1v) is 8.66. The molecule has 1 aromatic carbocycles. The number of amides is 1. The lowest BCUT2D eigenvalue weighted by atomic mass is 10.1. The predicted octanol–water partition coefficient (Wildman–Crippen LogP) is 2.97. The number of hydrogen-bond acceptors (Lipinski definition) is 3. The summed E-state index contributed by atoms with van der Waals surface area (Å²) in [5.74, 6) is 0.0279. The largest absolute Gasteiger partial charge is 0.368 e. The van der Waals surface area contributed by atoms with Crippen molar-refractivity contribution in [3.8, 4) is 0 Å². The highest BCUT2D eigenvalue weighted by Gasteiger charge is 2.25. The Morgan fingerprint density at radius 3 is 2.88 bits per heavy atom. The first kappa shape index (κ1) is 17.1. The van der Waals surface area contributed by atoms with Crippen LogP contribution in [-0.2, 0) is 18.3 Å². The maximum absolute atomic E-state index is 12.3. The van der Waals surface area contributed by atoms with Gasteiger partial charge in [0, 0.05) is 43.0 Å². The van der Waals surface area contributed by atoms with Crippen LogP contribution in [0.25, 0.3) is 0 Å². The van der Waals surface area contributed by atoms with Crippen molar-refractivity contribution >= 4 is 34.8 Å². The molecular formula is C17H20Cl2N4O. The fourth-order valence-electron chi connectivity index (χ4n) is 3.11. The molecular weight excluding hydrogens is 347 g/mol. The SMILES string of the molecule is Cc1nn(C)cc1CC(=O)NC1CCN(c2ccc(Cl)cc2Cl)C1. The van der Waals surface area contributed by atoms with Crippen LogP contribution in [0.1, 0.15) is 17.7 Å². The highest BCUT2D eigenvalue weighted by atomic mass is 35.5. The van der Waals surface area contributed by atoms with Gasteiger partial charge >= 0.3 is 0 Å². The van der Waals surface area contributed by atoms with Crippen LogP contribution in [-0.4, -0.2) is 34.8 Å². The molecule has 5 nitrogen and oxygen atoms in total. The first-order valence-electron chi connectivity index (χ1n) is 7.91. The minimum atomic E-state index is 0.0279. The zero-order valence-corrected chi connectivity index (χ0v) is 15.2. The Morgan fingerprint density at radius 1 is 1.42 bits per heavy atom. The molecule has 128 valence electrons. The third-order valence-corrected chi connectivity index (χ3v) is 4.81. The summed E-state index contributed by atoms with van der Waals surface area (Å²) in [4.78, 5) is 14.5. The monoisotopic (exact) mass is 366 g/mol. The number of anilines is 1. The molecule has 2 heterocycles. The Labute approximate surface area is 151 Å². The number of benzene rings is 1. The molecule has 0 spiro atoms. The van der Waals surface area contributed by atoms with Gasteiger partial charge in [-0.3, -0.25) is 9.48 Å². The molecule has 1 aromatic heterocycles. The number of nitrogens with one attached hydrogen (secondary N) is 1. The normalized spacial score (nSPS) is 17.3. The second-order valence-electron chi connectivity index (χ2n) is 6.19. The van der Waals surface area contributed by atoms with Gasteiger partial charge in [0.25, 0.3) is 0 Å². The molecule has 1 unspecified atom stereocenters. The van der Waals surface area contributed by atoms with Crippen molar-refractivity contribution in [3.05, 3.63) is 45.7 Å². The third kappa shape index (κ3) is 3.84. The Bertz CT molecular complexity index is 759. The Hall–Kier alpha value is -1.72. The van der Waals surface area contributed by atoms with Gasteiger partial charge in [-0.25, -0.2) is 0 Å². The standard InChI is InChI=1S/C17H20Cl2N4O/c1-11-12(9-22(2)21-11)7-17(24)20-14-5-6-23(10-14)16-4-3-13(18)8-15(16)19/h3-4,8-9,14H,5-7,10H2,1-2H3,(H,20,24). The van der Waals surface area contributed by atoms with Gasteiger partial charge < -0.3 is 10.2 Å². The van der Waals surface area contributed by atoms with E-state index in [9.17, 15) is 4.79 Å². The van der Waals surface area contributed by atoms with Crippen LogP contribution in [0.15, 0.2) is 24.4 Å². The summed E-state index contributed by atoms with van der Waals surface area (Å²) in [5, 5.41) is 8.64. The number of carbonyl (C=O) groups excluding carboxylic acids is 1. The van der Waals surface area contributed by atoms with Crippen molar-refractivity contribution in [1.82, 2.24) is 15.1 Å². The second kappa shape index (κ2) is 7.03. The van der Waals surface area contributed by atoms with Crippen LogP contribution in [0, 0.1) is 6.92 Å². The number of rotatable bonds is 4. The highest BCUT2D eigenvalue weighted by Crippen LogP contribution is 2.31. The fourth-order valence-corrected chi connectivity index (χ4v) is 3.64. The van der Waals surface area contributed by atoms with Gasteiger partial charge in [-0.05, 0) is 31.5 Å². The zero-order chi connectivity index (χ0) is 17.3. The lowest BCUT2D eigenvalue weighted by Crippen LogP contribution is -2.38. The number of carbonyl (C=O) groups is 1. The van der Waals surface area contributed by atoms with E-state index in [1.54, 1.807) is 10.7 Å². The molecule has 1 fully saturated rings. The molecule has 3 rings (SSSR count). The van der Waals surface area contributed by atoms with E-state index in [1.807, 2.05) is 32.3 Å². The second-order valence-corrected chi connectivity index (χ2v) is 7.03. The molecule has 1 amide bonds. The molecule has 1 atom stereocenters. The van der Waals surface area contributed by atoms with E-state index in [4.69, 9.17) is 23.2 Å². The number of halogens is 2. The topological polar surface area (TPSA) is 50.2 Å². The molecule has 1 N–H and O–H groups in total. The van der Waals surface area contributed by atoms with E-state index >= 15 is 0 Å². The van der Waals surface area contributed by atoms with Gasteiger partial charge in [0.05, 0.1) is 22.8 Å². The number of hydrogen-bond donors (Lipinski definition) is 1. The minimum Gasteiger partial charge on any atom is -0.368 e. The van der Waals surface area contributed by atoms with E-state index in [0.717, 1.165) is 36.5 Å². The van der Waals surface area contributed by atoms with Crippen LogP contribution < -0.4 is 10.2 Å². The number of aromatic nitrogens is 2. The van der Waals surface area contributed by atoms with E-state index in [0.29, 0.717) is 16.5 Å². The van der Waals surface area contributed by atoms with Gasteiger partial charge in [0.15, 0.2) is 0 Å². The quantitative estimate of drug-likeness (QED) is 0.904. The van der Waals surface area contributed by atoms with Crippen LogP contribution in [0.3, 0.4) is 0 Å². The van der Waals surface area contributed by atoms with Crippen molar-refractivity contribution in [3.63, 3.8) is 0 Å². The third-order valence-electron chi connectivity index (χ3n) is 4.27. The molecule has 7 heteroatoms. The van der Waals surface area contributed by atoms with Crippen molar-refractivity contribution < 1.29 is 4.79 Å². The van der Waals surface area contributed by atoms with Crippen molar-refractivity contribution in [2.24, 2.45) is 7.05 Å².